The van der Waals surface area contributed by atoms with E-state index in [2.05, 4.69) is 21.8 Å². The van der Waals surface area contributed by atoms with Crippen LogP contribution in [0.4, 0.5) is 18.0 Å². The Morgan fingerprint density at radius 1 is 0.974 bits per heavy atom. The van der Waals surface area contributed by atoms with Crippen molar-refractivity contribution in [3.8, 4) is 5.69 Å². The van der Waals surface area contributed by atoms with E-state index < -0.39 is 23.3 Å². The largest absolute Gasteiger partial charge is 0.435 e. The molecule has 0 atom stereocenters. The van der Waals surface area contributed by atoms with Gasteiger partial charge in [0, 0.05) is 38.3 Å². The molecule has 0 saturated carbocycles. The molecule has 0 bridgehead atoms. The van der Waals surface area contributed by atoms with E-state index in [1.54, 1.807) is 46.6 Å². The summed E-state index contributed by atoms with van der Waals surface area (Å²) in [7, 11) is 0. The molecule has 2 aromatic carbocycles. The number of aromatic nitrogens is 3. The number of piperidine rings is 1. The molecule has 3 heterocycles. The van der Waals surface area contributed by atoms with Crippen LogP contribution in [0.15, 0.2) is 60.8 Å². The number of para-hydroxylation sites is 2. The number of carbonyl (C=O) groups is 2. The van der Waals surface area contributed by atoms with Gasteiger partial charge in [0.25, 0.3) is 5.91 Å². The van der Waals surface area contributed by atoms with Crippen molar-refractivity contribution < 1.29 is 22.8 Å². The number of halogens is 3. The van der Waals surface area contributed by atoms with Gasteiger partial charge in [0.1, 0.15) is 0 Å². The molecular weight excluding hydrogens is 517 g/mol. The summed E-state index contributed by atoms with van der Waals surface area (Å²) in [4.78, 5) is 31.6. The third kappa shape index (κ3) is 5.64. The number of amides is 3. The van der Waals surface area contributed by atoms with E-state index >= 15 is 0 Å². The molecule has 3 amide bonds. The summed E-state index contributed by atoms with van der Waals surface area (Å²) < 4.78 is 42.7. The highest BCUT2D eigenvalue weighted by atomic mass is 32.1. The number of hydrogen-bond acceptors (Lipinski definition) is 5. The van der Waals surface area contributed by atoms with Crippen LogP contribution in [-0.4, -0.2) is 57.8 Å². The minimum atomic E-state index is -4.79. The van der Waals surface area contributed by atoms with Gasteiger partial charge in [-0.25, -0.2) is 14.5 Å². The van der Waals surface area contributed by atoms with Crippen LogP contribution in [0.5, 0.6) is 0 Å². The van der Waals surface area contributed by atoms with Crippen LogP contribution >= 0.6 is 11.3 Å². The Balaban J connectivity index is 1.11. The summed E-state index contributed by atoms with van der Waals surface area (Å²) >= 11 is 1.69. The predicted molar refractivity (Wildman–Crippen MR) is 137 cm³/mol. The zero-order chi connectivity index (χ0) is 26.7. The number of likely N-dealkylation sites (tertiary alicyclic amines) is 1. The highest BCUT2D eigenvalue weighted by Crippen LogP contribution is 2.34. The van der Waals surface area contributed by atoms with Gasteiger partial charge in [-0.1, -0.05) is 30.3 Å². The van der Waals surface area contributed by atoms with Gasteiger partial charge in [0.2, 0.25) is 0 Å². The van der Waals surface area contributed by atoms with Crippen LogP contribution in [0.2, 0.25) is 0 Å². The molecule has 0 radical (unpaired) electrons. The Hall–Kier alpha value is -3.93. The molecule has 1 saturated heterocycles. The maximum atomic E-state index is 13.5. The van der Waals surface area contributed by atoms with E-state index in [4.69, 9.17) is 4.98 Å². The van der Waals surface area contributed by atoms with Crippen molar-refractivity contribution in [2.75, 3.05) is 26.2 Å². The first-order valence-corrected chi connectivity index (χ1v) is 13.0. The summed E-state index contributed by atoms with van der Waals surface area (Å²) in [6.07, 6.45) is -2.13. The average molecular weight is 543 g/mol. The molecule has 2 N–H and O–H groups in total. The molecule has 2 aromatic heterocycles. The van der Waals surface area contributed by atoms with Crippen molar-refractivity contribution in [3.63, 3.8) is 0 Å². The lowest BCUT2D eigenvalue weighted by Crippen LogP contribution is -2.46. The standard InChI is InChI=1S/C26H25F3N6O2S/c27-26(28,29)22-19(16-35(33-22)18-6-2-1-3-7-18)23(36)30-12-13-31-25(37)34-14-10-17(11-15-34)24-32-20-8-4-5-9-21(20)38-24/h1-9,16-17H,10-15H2,(H,30,36)(H,31,37). The van der Waals surface area contributed by atoms with Gasteiger partial charge in [-0.3, -0.25) is 4.79 Å². The summed E-state index contributed by atoms with van der Waals surface area (Å²) in [5.41, 5.74) is -0.454. The predicted octanol–water partition coefficient (Wildman–Crippen LogP) is 4.82. The zero-order valence-electron chi connectivity index (χ0n) is 20.2. The van der Waals surface area contributed by atoms with E-state index in [-0.39, 0.29) is 19.1 Å². The Morgan fingerprint density at radius 2 is 1.66 bits per heavy atom. The van der Waals surface area contributed by atoms with Crippen molar-refractivity contribution in [1.82, 2.24) is 30.3 Å². The van der Waals surface area contributed by atoms with Crippen molar-refractivity contribution in [2.24, 2.45) is 0 Å². The third-order valence-corrected chi connectivity index (χ3v) is 7.58. The second kappa shape index (κ2) is 10.8. The van der Waals surface area contributed by atoms with Gasteiger partial charge in [-0.05, 0) is 37.1 Å². The van der Waals surface area contributed by atoms with Gasteiger partial charge >= 0.3 is 12.2 Å². The molecule has 198 valence electrons. The van der Waals surface area contributed by atoms with Crippen LogP contribution in [0.25, 0.3) is 15.9 Å². The molecule has 38 heavy (non-hydrogen) atoms. The number of benzene rings is 2. The SMILES string of the molecule is O=C(NCCNC(=O)N1CCC(c2nc3ccccc3s2)CC1)c1cn(-c2ccccc2)nc1C(F)(F)F. The lowest BCUT2D eigenvalue weighted by molar-refractivity contribution is -0.141. The third-order valence-electron chi connectivity index (χ3n) is 6.38. The van der Waals surface area contributed by atoms with Crippen LogP contribution in [0, 0.1) is 0 Å². The number of thiazole rings is 1. The van der Waals surface area contributed by atoms with Crippen LogP contribution in [-0.2, 0) is 6.18 Å². The number of fused-ring (bicyclic) bond motifs is 1. The molecule has 1 aliphatic heterocycles. The number of urea groups is 1. The van der Waals surface area contributed by atoms with Crippen molar-refractivity contribution in [1.29, 1.82) is 0 Å². The van der Waals surface area contributed by atoms with Gasteiger partial charge < -0.3 is 15.5 Å². The highest BCUT2D eigenvalue weighted by molar-refractivity contribution is 7.18. The molecule has 0 spiro atoms. The number of rotatable bonds is 6. The average Bonchev–Trinajstić information content (AvgIpc) is 3.57. The van der Waals surface area contributed by atoms with Crippen molar-refractivity contribution in [2.45, 2.75) is 24.9 Å². The lowest BCUT2D eigenvalue weighted by Gasteiger charge is -2.31. The fourth-order valence-corrected chi connectivity index (χ4v) is 5.55. The zero-order valence-corrected chi connectivity index (χ0v) is 21.1. The molecule has 0 unspecified atom stereocenters. The van der Waals surface area contributed by atoms with Gasteiger partial charge in [-0.15, -0.1) is 11.3 Å². The maximum absolute atomic E-state index is 13.5. The van der Waals surface area contributed by atoms with Crippen LogP contribution < -0.4 is 10.6 Å². The van der Waals surface area contributed by atoms with E-state index in [9.17, 15) is 22.8 Å². The van der Waals surface area contributed by atoms with Crippen molar-refractivity contribution in [3.05, 3.63) is 77.1 Å². The molecule has 1 fully saturated rings. The van der Waals surface area contributed by atoms with Gasteiger partial charge in [0.15, 0.2) is 5.69 Å². The first-order chi connectivity index (χ1) is 18.3. The number of nitrogens with one attached hydrogen (secondary N) is 2. The van der Waals surface area contributed by atoms with Crippen LogP contribution in [0.1, 0.15) is 39.8 Å². The van der Waals surface area contributed by atoms with Gasteiger partial charge in [0.05, 0.1) is 26.5 Å². The molecular formula is C26H25F3N6O2S. The lowest BCUT2D eigenvalue weighted by atomic mass is 9.98. The van der Waals surface area contributed by atoms with E-state index in [1.807, 2.05) is 18.2 Å². The van der Waals surface area contributed by atoms with Crippen molar-refractivity contribution >= 4 is 33.5 Å². The smallest absolute Gasteiger partial charge is 0.350 e. The maximum Gasteiger partial charge on any atom is 0.435 e. The van der Waals surface area contributed by atoms with E-state index in [0.29, 0.717) is 24.7 Å². The molecule has 5 rings (SSSR count). The fourth-order valence-electron chi connectivity index (χ4n) is 4.41. The number of carbonyl (C=O) groups excluding carboxylic acids is 2. The Labute approximate surface area is 220 Å². The fraction of sp³-hybridized carbons (Fsp3) is 0.308. The normalized spacial score (nSPS) is 14.6. The summed E-state index contributed by atoms with van der Waals surface area (Å²) in [6.45, 7) is 1.20. The van der Waals surface area contributed by atoms with E-state index in [0.717, 1.165) is 38.9 Å². The van der Waals surface area contributed by atoms with E-state index in [1.165, 1.54) is 0 Å². The van der Waals surface area contributed by atoms with Gasteiger partial charge in [-0.2, -0.15) is 18.3 Å². The van der Waals surface area contributed by atoms with Crippen LogP contribution in [0.3, 0.4) is 0 Å². The number of nitrogens with zero attached hydrogens (tertiary/aromatic N) is 4. The second-order valence-corrected chi connectivity index (χ2v) is 10.0. The monoisotopic (exact) mass is 542 g/mol. The molecule has 12 heteroatoms. The Kier molecular flexibility index (Phi) is 7.32. The molecule has 8 nitrogen and oxygen atoms in total. The quantitative estimate of drug-likeness (QED) is 0.342. The topological polar surface area (TPSA) is 92.2 Å². The number of alkyl halides is 3. The summed E-state index contributed by atoms with van der Waals surface area (Å²) in [5, 5.41) is 9.84. The molecule has 4 aromatic rings. The summed E-state index contributed by atoms with van der Waals surface area (Å²) in [5.74, 6) is -0.610. The second-order valence-electron chi connectivity index (χ2n) is 8.94. The first-order valence-electron chi connectivity index (χ1n) is 12.2. The highest BCUT2D eigenvalue weighted by Gasteiger charge is 2.39. The summed E-state index contributed by atoms with van der Waals surface area (Å²) in [6, 6.07) is 16.0. The number of hydrogen-bond donors (Lipinski definition) is 2. The Bertz CT molecular complexity index is 1390. The minimum Gasteiger partial charge on any atom is -0.350 e. The minimum absolute atomic E-state index is 0.0272. The Morgan fingerprint density at radius 3 is 2.37 bits per heavy atom. The molecule has 0 aliphatic carbocycles. The molecule has 1 aliphatic rings. The first kappa shape index (κ1) is 25.7.